The predicted octanol–water partition coefficient (Wildman–Crippen LogP) is 2.46. The Balaban J connectivity index is 2.38. The molecule has 0 spiro atoms. The molecule has 6 heteroatoms. The molecule has 1 unspecified atom stereocenters. The van der Waals surface area contributed by atoms with Crippen LogP contribution in [0.25, 0.3) is 10.2 Å². The zero-order valence-electron chi connectivity index (χ0n) is 11.0. The predicted molar refractivity (Wildman–Crippen MR) is 78.0 cm³/mol. The van der Waals surface area contributed by atoms with Crippen molar-refractivity contribution in [2.75, 3.05) is 23.9 Å². The zero-order valence-corrected chi connectivity index (χ0v) is 11.8. The molecule has 0 radical (unpaired) electrons. The summed E-state index contributed by atoms with van der Waals surface area (Å²) < 4.78 is 0. The van der Waals surface area contributed by atoms with Gasteiger partial charge in [-0.05, 0) is 17.4 Å². The van der Waals surface area contributed by atoms with Crippen LogP contribution in [-0.4, -0.2) is 23.6 Å². The molecular weight excluding hydrogens is 246 g/mol. The summed E-state index contributed by atoms with van der Waals surface area (Å²) in [7, 11) is 2.06. The molecule has 98 valence electrons. The first-order chi connectivity index (χ1) is 8.65. The van der Waals surface area contributed by atoms with Gasteiger partial charge in [-0.25, -0.2) is 10.8 Å². The number of rotatable bonds is 5. The number of hydrogen-bond acceptors (Lipinski definition) is 6. The summed E-state index contributed by atoms with van der Waals surface area (Å²) in [6, 6.07) is 2.06. The van der Waals surface area contributed by atoms with Gasteiger partial charge < -0.3 is 4.90 Å². The molecular formula is C12H19N5S. The standard InChI is InChI=1S/C12H19N5S/c1-4-8(2)7-17(3)10-9-5-6-18-11(9)15-12(14-10)16-13/h5-6,8H,4,7,13H2,1-3H3,(H,14,15,16). The van der Waals surface area contributed by atoms with E-state index >= 15 is 0 Å². The fraction of sp³-hybridized carbons (Fsp3) is 0.500. The lowest BCUT2D eigenvalue weighted by molar-refractivity contribution is 0.558. The van der Waals surface area contributed by atoms with Crippen LogP contribution in [0.2, 0.25) is 0 Å². The lowest BCUT2D eigenvalue weighted by Gasteiger charge is -2.22. The first kappa shape index (κ1) is 13.0. The van der Waals surface area contributed by atoms with Crippen LogP contribution >= 0.6 is 11.3 Å². The second-order valence-electron chi connectivity index (χ2n) is 4.55. The summed E-state index contributed by atoms with van der Waals surface area (Å²) in [6.45, 7) is 5.42. The summed E-state index contributed by atoms with van der Waals surface area (Å²) in [6.07, 6.45) is 1.16. The molecule has 2 rings (SSSR count). The molecule has 5 nitrogen and oxygen atoms in total. The fourth-order valence-corrected chi connectivity index (χ4v) is 2.64. The molecule has 0 aromatic carbocycles. The molecule has 1 atom stereocenters. The van der Waals surface area contributed by atoms with E-state index in [1.54, 1.807) is 11.3 Å². The second-order valence-corrected chi connectivity index (χ2v) is 5.44. The first-order valence-corrected chi connectivity index (χ1v) is 6.96. The Hall–Kier alpha value is -1.40. The summed E-state index contributed by atoms with van der Waals surface area (Å²) in [4.78, 5) is 11.9. The highest BCUT2D eigenvalue weighted by molar-refractivity contribution is 7.16. The van der Waals surface area contributed by atoms with E-state index in [1.165, 1.54) is 0 Å². The average Bonchev–Trinajstić information content (AvgIpc) is 2.85. The van der Waals surface area contributed by atoms with Crippen molar-refractivity contribution in [3.05, 3.63) is 11.4 Å². The van der Waals surface area contributed by atoms with Crippen LogP contribution in [0.1, 0.15) is 20.3 Å². The van der Waals surface area contributed by atoms with Crippen molar-refractivity contribution in [3.63, 3.8) is 0 Å². The molecule has 0 bridgehead atoms. The quantitative estimate of drug-likeness (QED) is 0.642. The average molecular weight is 265 g/mol. The van der Waals surface area contributed by atoms with Crippen molar-refractivity contribution >= 4 is 33.3 Å². The Bertz CT molecular complexity index is 524. The fourth-order valence-electron chi connectivity index (χ4n) is 1.88. The molecule has 3 N–H and O–H groups in total. The normalized spacial score (nSPS) is 12.7. The third-order valence-electron chi connectivity index (χ3n) is 3.08. The van der Waals surface area contributed by atoms with Crippen LogP contribution in [-0.2, 0) is 0 Å². The summed E-state index contributed by atoms with van der Waals surface area (Å²) in [5.74, 6) is 7.46. The summed E-state index contributed by atoms with van der Waals surface area (Å²) in [5, 5.41) is 3.12. The Morgan fingerprint density at radius 3 is 2.94 bits per heavy atom. The number of nitrogen functional groups attached to an aromatic ring is 1. The number of nitrogens with two attached hydrogens (primary N) is 1. The monoisotopic (exact) mass is 265 g/mol. The highest BCUT2D eigenvalue weighted by Gasteiger charge is 2.13. The van der Waals surface area contributed by atoms with Crippen LogP contribution in [0.3, 0.4) is 0 Å². The van der Waals surface area contributed by atoms with Gasteiger partial charge in [-0.1, -0.05) is 20.3 Å². The van der Waals surface area contributed by atoms with Crippen LogP contribution in [0.5, 0.6) is 0 Å². The van der Waals surface area contributed by atoms with Gasteiger partial charge >= 0.3 is 0 Å². The van der Waals surface area contributed by atoms with Crippen LogP contribution in [0.4, 0.5) is 11.8 Å². The highest BCUT2D eigenvalue weighted by Crippen LogP contribution is 2.28. The van der Waals surface area contributed by atoms with Crippen LogP contribution in [0.15, 0.2) is 11.4 Å². The number of nitrogens with one attached hydrogen (secondary N) is 1. The van der Waals surface area contributed by atoms with Gasteiger partial charge in [-0.15, -0.1) is 11.3 Å². The first-order valence-electron chi connectivity index (χ1n) is 6.08. The van der Waals surface area contributed by atoms with E-state index in [0.29, 0.717) is 11.9 Å². The number of thiophene rings is 1. The van der Waals surface area contributed by atoms with Crippen molar-refractivity contribution in [1.29, 1.82) is 0 Å². The lowest BCUT2D eigenvalue weighted by Crippen LogP contribution is -2.25. The van der Waals surface area contributed by atoms with Gasteiger partial charge in [0.2, 0.25) is 5.95 Å². The molecule has 2 aromatic heterocycles. The minimum atomic E-state index is 0.468. The number of nitrogens with zero attached hydrogens (tertiary/aromatic N) is 3. The van der Waals surface area contributed by atoms with E-state index in [2.05, 4.69) is 47.3 Å². The van der Waals surface area contributed by atoms with Gasteiger partial charge in [0.25, 0.3) is 0 Å². The van der Waals surface area contributed by atoms with Gasteiger partial charge in [0.1, 0.15) is 10.6 Å². The third kappa shape index (κ3) is 2.54. The van der Waals surface area contributed by atoms with Crippen molar-refractivity contribution in [2.24, 2.45) is 11.8 Å². The maximum atomic E-state index is 5.42. The molecule has 0 fully saturated rings. The van der Waals surface area contributed by atoms with Crippen LogP contribution < -0.4 is 16.2 Å². The highest BCUT2D eigenvalue weighted by atomic mass is 32.1. The topological polar surface area (TPSA) is 67.1 Å². The number of aromatic nitrogens is 2. The molecule has 0 saturated carbocycles. The van der Waals surface area contributed by atoms with Gasteiger partial charge in [0, 0.05) is 13.6 Å². The van der Waals surface area contributed by atoms with Gasteiger partial charge in [0.15, 0.2) is 0 Å². The Labute approximate surface area is 111 Å². The Morgan fingerprint density at radius 2 is 2.28 bits per heavy atom. The van der Waals surface area contributed by atoms with E-state index in [9.17, 15) is 0 Å². The zero-order chi connectivity index (χ0) is 13.1. The van der Waals surface area contributed by atoms with Gasteiger partial charge in [0.05, 0.1) is 5.39 Å². The molecule has 18 heavy (non-hydrogen) atoms. The van der Waals surface area contributed by atoms with Crippen molar-refractivity contribution < 1.29 is 0 Å². The van der Waals surface area contributed by atoms with Gasteiger partial charge in [-0.3, -0.25) is 5.43 Å². The largest absolute Gasteiger partial charge is 0.359 e. The molecule has 0 aliphatic rings. The molecule has 2 aromatic rings. The molecule has 2 heterocycles. The molecule has 0 saturated heterocycles. The second kappa shape index (κ2) is 5.49. The summed E-state index contributed by atoms with van der Waals surface area (Å²) in [5.41, 5.74) is 2.53. The minimum Gasteiger partial charge on any atom is -0.359 e. The SMILES string of the molecule is CCC(C)CN(C)c1nc(NN)nc2sccc12. The Kier molecular flexibility index (Phi) is 3.98. The van der Waals surface area contributed by atoms with Crippen molar-refractivity contribution in [1.82, 2.24) is 9.97 Å². The van der Waals surface area contributed by atoms with E-state index in [-0.39, 0.29) is 0 Å². The lowest BCUT2D eigenvalue weighted by atomic mass is 10.1. The van der Waals surface area contributed by atoms with Gasteiger partial charge in [-0.2, -0.15) is 4.98 Å². The maximum Gasteiger partial charge on any atom is 0.240 e. The minimum absolute atomic E-state index is 0.468. The number of hydrogen-bond donors (Lipinski definition) is 2. The van der Waals surface area contributed by atoms with E-state index in [0.717, 1.165) is 29.0 Å². The van der Waals surface area contributed by atoms with E-state index in [4.69, 9.17) is 5.84 Å². The molecule has 0 amide bonds. The van der Waals surface area contributed by atoms with Crippen LogP contribution in [0, 0.1) is 5.92 Å². The molecule has 0 aliphatic heterocycles. The van der Waals surface area contributed by atoms with E-state index < -0.39 is 0 Å². The maximum absolute atomic E-state index is 5.42. The summed E-state index contributed by atoms with van der Waals surface area (Å²) >= 11 is 1.60. The number of hydrazine groups is 1. The number of anilines is 2. The van der Waals surface area contributed by atoms with Crippen molar-refractivity contribution in [2.45, 2.75) is 20.3 Å². The smallest absolute Gasteiger partial charge is 0.240 e. The van der Waals surface area contributed by atoms with Crippen molar-refractivity contribution in [3.8, 4) is 0 Å². The van der Waals surface area contributed by atoms with E-state index in [1.807, 2.05) is 5.38 Å². The number of fused-ring (bicyclic) bond motifs is 1. The molecule has 0 aliphatic carbocycles. The Morgan fingerprint density at radius 1 is 1.50 bits per heavy atom. The third-order valence-corrected chi connectivity index (χ3v) is 3.88.